The molecule has 1 fully saturated rings. The quantitative estimate of drug-likeness (QED) is 0.340. The molecule has 0 aromatic heterocycles. The van der Waals surface area contributed by atoms with Gasteiger partial charge in [-0.1, -0.05) is 85.9 Å². The molecule has 2 atom stereocenters. The lowest BCUT2D eigenvalue weighted by Gasteiger charge is -2.26. The van der Waals surface area contributed by atoms with Crippen LogP contribution in [0.4, 0.5) is 0 Å². The van der Waals surface area contributed by atoms with Crippen LogP contribution in [0.15, 0.2) is 95.7 Å². The topological polar surface area (TPSA) is 52.9 Å². The van der Waals surface area contributed by atoms with Gasteiger partial charge in [0.2, 0.25) is 0 Å². The summed E-state index contributed by atoms with van der Waals surface area (Å²) in [6, 6.07) is 10.4. The standard InChI is InChI=1S/C32H43NO3/c1-3-11-27(25-35)12-9-15-31(30(16-10-22-34)28-13-5-4-6-14-28)29-17-18-32(26(2)24-29)36-23-21-33-19-7-8-20-33/h3-6,9,11-15,17-18,24,26,32,34-35H,7-8,10,16,19-23,25H2,1-2H3/b11-3-,15-9+,27-12+,31-30-/t26-,32?/m1/s1. The minimum atomic E-state index is -0.000136. The van der Waals surface area contributed by atoms with Crippen LogP contribution in [0.5, 0.6) is 0 Å². The first kappa shape index (κ1) is 28.1. The zero-order valence-electron chi connectivity index (χ0n) is 22.0. The van der Waals surface area contributed by atoms with E-state index in [1.807, 2.05) is 37.3 Å². The van der Waals surface area contributed by atoms with Crippen LogP contribution >= 0.6 is 0 Å². The Hall–Kier alpha value is -2.50. The predicted molar refractivity (Wildman–Crippen MR) is 151 cm³/mol. The number of ether oxygens (including phenoxy) is 1. The van der Waals surface area contributed by atoms with Gasteiger partial charge in [-0.15, -0.1) is 0 Å². The molecule has 0 saturated carbocycles. The summed E-state index contributed by atoms with van der Waals surface area (Å²) in [7, 11) is 0. The maximum Gasteiger partial charge on any atom is 0.0819 e. The average Bonchev–Trinajstić information content (AvgIpc) is 3.42. The SMILES string of the molecule is C\C=C/C(=C\C=C\C(C1=C[C@@H](C)C(OCCN2CCCC2)C=C1)=C(/CCCO)c1ccccc1)CO. The van der Waals surface area contributed by atoms with Gasteiger partial charge in [0.05, 0.1) is 19.3 Å². The number of likely N-dealkylation sites (tertiary alicyclic amines) is 1. The molecule has 4 heteroatoms. The first-order chi connectivity index (χ1) is 17.7. The zero-order valence-corrected chi connectivity index (χ0v) is 22.0. The third-order valence-corrected chi connectivity index (χ3v) is 6.82. The smallest absolute Gasteiger partial charge is 0.0819 e. The molecule has 2 N–H and O–H groups in total. The van der Waals surface area contributed by atoms with Crippen LogP contribution in [0.25, 0.3) is 5.57 Å². The van der Waals surface area contributed by atoms with Crippen molar-refractivity contribution in [3.8, 4) is 0 Å². The van der Waals surface area contributed by atoms with Gasteiger partial charge in [-0.25, -0.2) is 0 Å². The summed E-state index contributed by atoms with van der Waals surface area (Å²) < 4.78 is 6.26. The normalized spacial score (nSPS) is 22.0. The number of rotatable bonds is 13. The lowest BCUT2D eigenvalue weighted by atomic mass is 9.86. The van der Waals surface area contributed by atoms with Gasteiger partial charge in [0.15, 0.2) is 0 Å². The Morgan fingerprint density at radius 2 is 1.89 bits per heavy atom. The second-order valence-electron chi connectivity index (χ2n) is 9.57. The minimum Gasteiger partial charge on any atom is -0.396 e. The summed E-state index contributed by atoms with van der Waals surface area (Å²) in [5.41, 5.74) is 5.54. The molecule has 1 aliphatic carbocycles. The summed E-state index contributed by atoms with van der Waals surface area (Å²) in [5.74, 6) is 0.258. The molecule has 36 heavy (non-hydrogen) atoms. The predicted octanol–water partition coefficient (Wildman–Crippen LogP) is 5.88. The number of aliphatic hydroxyl groups is 2. The molecular formula is C32H43NO3. The Balaban J connectivity index is 1.88. The van der Waals surface area contributed by atoms with Crippen molar-refractivity contribution in [3.63, 3.8) is 0 Å². The van der Waals surface area contributed by atoms with Crippen molar-refractivity contribution in [2.45, 2.75) is 45.6 Å². The summed E-state index contributed by atoms with van der Waals surface area (Å²) in [6.07, 6.45) is 20.8. The molecule has 1 aromatic carbocycles. The Kier molecular flexibility index (Phi) is 12.1. The first-order valence-corrected chi connectivity index (χ1v) is 13.4. The fourth-order valence-corrected chi connectivity index (χ4v) is 4.86. The molecule has 194 valence electrons. The van der Waals surface area contributed by atoms with Crippen LogP contribution in [0, 0.1) is 5.92 Å². The van der Waals surface area contributed by atoms with Crippen molar-refractivity contribution in [2.24, 2.45) is 5.92 Å². The van der Waals surface area contributed by atoms with E-state index in [-0.39, 0.29) is 25.2 Å². The maximum atomic E-state index is 9.65. The molecule has 0 bridgehead atoms. The first-order valence-electron chi connectivity index (χ1n) is 13.4. The Morgan fingerprint density at radius 1 is 1.11 bits per heavy atom. The van der Waals surface area contributed by atoms with Crippen LogP contribution < -0.4 is 0 Å². The summed E-state index contributed by atoms with van der Waals surface area (Å²) in [4.78, 5) is 2.49. The Labute approximate surface area is 217 Å². The molecule has 0 spiro atoms. The Bertz CT molecular complexity index is 978. The third kappa shape index (κ3) is 8.56. The monoisotopic (exact) mass is 489 g/mol. The van der Waals surface area contributed by atoms with Gasteiger partial charge in [0.1, 0.15) is 0 Å². The van der Waals surface area contributed by atoms with Gasteiger partial charge >= 0.3 is 0 Å². The van der Waals surface area contributed by atoms with E-state index < -0.39 is 0 Å². The van der Waals surface area contributed by atoms with Gasteiger partial charge < -0.3 is 19.8 Å². The molecule has 2 aliphatic rings. The van der Waals surface area contributed by atoms with Crippen molar-refractivity contribution >= 4 is 5.57 Å². The van der Waals surface area contributed by atoms with Gasteiger partial charge in [-0.3, -0.25) is 0 Å². The van der Waals surface area contributed by atoms with Crippen molar-refractivity contribution in [2.75, 3.05) is 39.5 Å². The lowest BCUT2D eigenvalue weighted by molar-refractivity contribution is 0.0485. The highest BCUT2D eigenvalue weighted by molar-refractivity contribution is 5.76. The third-order valence-electron chi connectivity index (χ3n) is 6.82. The van der Waals surface area contributed by atoms with Crippen molar-refractivity contribution in [1.82, 2.24) is 4.90 Å². The van der Waals surface area contributed by atoms with Crippen LogP contribution in [-0.4, -0.2) is 60.7 Å². The average molecular weight is 490 g/mol. The molecule has 1 unspecified atom stereocenters. The van der Waals surface area contributed by atoms with Gasteiger partial charge in [0, 0.05) is 19.1 Å². The van der Waals surface area contributed by atoms with E-state index in [0.29, 0.717) is 6.42 Å². The molecule has 1 aliphatic heterocycles. The van der Waals surface area contributed by atoms with Crippen molar-refractivity contribution in [1.29, 1.82) is 0 Å². The van der Waals surface area contributed by atoms with E-state index in [1.54, 1.807) is 0 Å². The number of benzene rings is 1. The zero-order chi connectivity index (χ0) is 25.6. The number of hydrogen-bond acceptors (Lipinski definition) is 4. The van der Waals surface area contributed by atoms with Crippen LogP contribution in [0.1, 0.15) is 45.1 Å². The van der Waals surface area contributed by atoms with E-state index in [4.69, 9.17) is 4.74 Å². The number of nitrogens with zero attached hydrogens (tertiary/aromatic N) is 1. The lowest BCUT2D eigenvalue weighted by Crippen LogP contribution is -2.28. The van der Waals surface area contributed by atoms with Gasteiger partial charge in [-0.05, 0) is 73.6 Å². The molecular weight excluding hydrogens is 446 g/mol. The van der Waals surface area contributed by atoms with Gasteiger partial charge in [0.25, 0.3) is 0 Å². The van der Waals surface area contributed by atoms with E-state index in [1.165, 1.54) is 37.1 Å². The van der Waals surface area contributed by atoms with E-state index >= 15 is 0 Å². The number of aliphatic hydroxyl groups excluding tert-OH is 2. The Morgan fingerprint density at radius 3 is 2.56 bits per heavy atom. The summed E-state index contributed by atoms with van der Waals surface area (Å²) in [6.45, 7) is 8.48. The van der Waals surface area contributed by atoms with E-state index in [0.717, 1.165) is 36.3 Å². The molecule has 1 saturated heterocycles. The summed E-state index contributed by atoms with van der Waals surface area (Å²) >= 11 is 0. The molecule has 0 amide bonds. The fourth-order valence-electron chi connectivity index (χ4n) is 4.86. The fraction of sp³-hybridized carbons (Fsp3) is 0.438. The summed E-state index contributed by atoms with van der Waals surface area (Å²) in [5, 5.41) is 19.2. The number of allylic oxidation sites excluding steroid dienone is 8. The largest absolute Gasteiger partial charge is 0.396 e. The van der Waals surface area contributed by atoms with E-state index in [9.17, 15) is 10.2 Å². The highest BCUT2D eigenvalue weighted by atomic mass is 16.5. The van der Waals surface area contributed by atoms with Gasteiger partial charge in [-0.2, -0.15) is 0 Å². The minimum absolute atomic E-state index is 0.000136. The van der Waals surface area contributed by atoms with Crippen LogP contribution in [0.2, 0.25) is 0 Å². The van der Waals surface area contributed by atoms with Crippen LogP contribution in [-0.2, 0) is 4.74 Å². The van der Waals surface area contributed by atoms with E-state index in [2.05, 4.69) is 60.4 Å². The highest BCUT2D eigenvalue weighted by Crippen LogP contribution is 2.33. The number of hydrogen-bond donors (Lipinski definition) is 2. The van der Waals surface area contributed by atoms with Crippen LogP contribution in [0.3, 0.4) is 0 Å². The van der Waals surface area contributed by atoms with Crippen molar-refractivity contribution in [3.05, 3.63) is 101 Å². The molecule has 1 aromatic rings. The second-order valence-corrected chi connectivity index (χ2v) is 9.57. The molecule has 4 nitrogen and oxygen atoms in total. The highest BCUT2D eigenvalue weighted by Gasteiger charge is 2.21. The molecule has 0 radical (unpaired) electrons. The maximum absolute atomic E-state index is 9.65. The van der Waals surface area contributed by atoms with Crippen molar-refractivity contribution < 1.29 is 14.9 Å². The molecule has 3 rings (SSSR count). The second kappa shape index (κ2) is 15.6. The molecule has 1 heterocycles.